The zero-order valence-electron chi connectivity index (χ0n) is 9.96. The minimum Gasteiger partial charge on any atom is -0.406 e. The van der Waals surface area contributed by atoms with Crippen LogP contribution in [0.2, 0.25) is 0 Å². The van der Waals surface area contributed by atoms with E-state index in [-0.39, 0.29) is 5.75 Å². The van der Waals surface area contributed by atoms with E-state index >= 15 is 0 Å². The SMILES string of the molecule is Cc1cc(F)cc(-c2cccc(OC(F)(F)F)c2)c1. The number of benzene rings is 2. The van der Waals surface area contributed by atoms with Crippen molar-refractivity contribution in [2.45, 2.75) is 13.3 Å². The van der Waals surface area contributed by atoms with Crippen LogP contribution in [0.15, 0.2) is 42.5 Å². The molecule has 0 N–H and O–H groups in total. The molecule has 19 heavy (non-hydrogen) atoms. The molecule has 0 fully saturated rings. The summed E-state index contributed by atoms with van der Waals surface area (Å²) < 4.78 is 53.5. The van der Waals surface area contributed by atoms with Gasteiger partial charge in [0, 0.05) is 0 Å². The van der Waals surface area contributed by atoms with Crippen LogP contribution in [-0.2, 0) is 0 Å². The van der Waals surface area contributed by atoms with Crippen LogP contribution >= 0.6 is 0 Å². The quantitative estimate of drug-likeness (QED) is 0.719. The standard InChI is InChI=1S/C14H10F4O/c1-9-5-11(7-12(15)6-9)10-3-2-4-13(8-10)19-14(16,17)18/h2-8H,1H3. The number of alkyl halides is 3. The van der Waals surface area contributed by atoms with Crippen LogP contribution < -0.4 is 4.74 Å². The lowest BCUT2D eigenvalue weighted by molar-refractivity contribution is -0.274. The second kappa shape index (κ2) is 4.91. The van der Waals surface area contributed by atoms with E-state index in [1.807, 2.05) is 0 Å². The molecule has 0 aliphatic carbocycles. The molecule has 0 aliphatic rings. The van der Waals surface area contributed by atoms with Crippen LogP contribution in [0.25, 0.3) is 11.1 Å². The molecule has 0 aliphatic heterocycles. The Bertz CT molecular complexity index is 570. The smallest absolute Gasteiger partial charge is 0.406 e. The van der Waals surface area contributed by atoms with Crippen molar-refractivity contribution in [3.8, 4) is 16.9 Å². The zero-order valence-corrected chi connectivity index (χ0v) is 9.96. The van der Waals surface area contributed by atoms with Crippen LogP contribution in [0.5, 0.6) is 5.75 Å². The third-order valence-corrected chi connectivity index (χ3v) is 2.44. The zero-order chi connectivity index (χ0) is 14.0. The summed E-state index contributed by atoms with van der Waals surface area (Å²) in [7, 11) is 0. The van der Waals surface area contributed by atoms with Gasteiger partial charge in [-0.25, -0.2) is 4.39 Å². The van der Waals surface area contributed by atoms with E-state index in [4.69, 9.17) is 0 Å². The van der Waals surface area contributed by atoms with Gasteiger partial charge in [-0.1, -0.05) is 18.2 Å². The Kier molecular flexibility index (Phi) is 3.46. The monoisotopic (exact) mass is 270 g/mol. The molecule has 0 atom stereocenters. The van der Waals surface area contributed by atoms with Crippen molar-refractivity contribution in [1.29, 1.82) is 0 Å². The fraction of sp³-hybridized carbons (Fsp3) is 0.143. The molecule has 100 valence electrons. The van der Waals surface area contributed by atoms with Crippen LogP contribution in [0.3, 0.4) is 0 Å². The fourth-order valence-electron chi connectivity index (χ4n) is 1.78. The second-order valence-corrected chi connectivity index (χ2v) is 4.09. The average molecular weight is 270 g/mol. The van der Waals surface area contributed by atoms with Crippen LogP contribution in [0.1, 0.15) is 5.56 Å². The molecule has 2 aromatic rings. The molecule has 0 aromatic heterocycles. The number of aryl methyl sites for hydroxylation is 1. The van der Waals surface area contributed by atoms with Gasteiger partial charge >= 0.3 is 6.36 Å². The number of hydrogen-bond donors (Lipinski definition) is 0. The number of halogens is 4. The summed E-state index contributed by atoms with van der Waals surface area (Å²) in [5.74, 6) is -0.760. The summed E-state index contributed by atoms with van der Waals surface area (Å²) in [6.07, 6.45) is -4.74. The number of hydrogen-bond acceptors (Lipinski definition) is 1. The predicted molar refractivity (Wildman–Crippen MR) is 63.3 cm³/mol. The molecule has 2 aromatic carbocycles. The molecular weight excluding hydrogens is 260 g/mol. The molecule has 0 heterocycles. The highest BCUT2D eigenvalue weighted by Gasteiger charge is 2.31. The maximum Gasteiger partial charge on any atom is 0.573 e. The third kappa shape index (κ3) is 3.71. The van der Waals surface area contributed by atoms with E-state index in [0.29, 0.717) is 16.7 Å². The normalized spacial score (nSPS) is 11.4. The molecule has 0 amide bonds. The largest absolute Gasteiger partial charge is 0.573 e. The van der Waals surface area contributed by atoms with Crippen molar-refractivity contribution in [3.05, 3.63) is 53.8 Å². The number of rotatable bonds is 2. The van der Waals surface area contributed by atoms with Gasteiger partial charge in [-0.15, -0.1) is 13.2 Å². The molecule has 0 radical (unpaired) electrons. The molecule has 2 rings (SSSR count). The second-order valence-electron chi connectivity index (χ2n) is 4.09. The highest BCUT2D eigenvalue weighted by atomic mass is 19.4. The summed E-state index contributed by atoms with van der Waals surface area (Å²) in [5, 5.41) is 0. The van der Waals surface area contributed by atoms with E-state index in [0.717, 1.165) is 0 Å². The Balaban J connectivity index is 2.37. The summed E-state index contributed by atoms with van der Waals surface area (Å²) in [4.78, 5) is 0. The highest BCUT2D eigenvalue weighted by Crippen LogP contribution is 2.28. The van der Waals surface area contributed by atoms with Crippen molar-refractivity contribution in [2.75, 3.05) is 0 Å². The van der Waals surface area contributed by atoms with E-state index in [9.17, 15) is 17.6 Å². The number of ether oxygens (including phenoxy) is 1. The first-order chi connectivity index (χ1) is 8.83. The van der Waals surface area contributed by atoms with Gasteiger partial charge in [-0.2, -0.15) is 0 Å². The Labute approximate surface area is 107 Å². The first-order valence-electron chi connectivity index (χ1n) is 5.47. The lowest BCUT2D eigenvalue weighted by atomic mass is 10.0. The minimum atomic E-state index is -4.74. The maximum atomic E-state index is 13.3. The van der Waals surface area contributed by atoms with Crippen molar-refractivity contribution < 1.29 is 22.3 Å². The van der Waals surface area contributed by atoms with Gasteiger partial charge in [0.2, 0.25) is 0 Å². The Hall–Kier alpha value is -2.04. The fourth-order valence-corrected chi connectivity index (χ4v) is 1.78. The molecular formula is C14H10F4O. The van der Waals surface area contributed by atoms with Crippen molar-refractivity contribution in [3.63, 3.8) is 0 Å². The van der Waals surface area contributed by atoms with Gasteiger partial charge in [-0.3, -0.25) is 0 Å². The van der Waals surface area contributed by atoms with Crippen LogP contribution in [-0.4, -0.2) is 6.36 Å². The molecule has 5 heteroatoms. The van der Waals surface area contributed by atoms with E-state index in [1.54, 1.807) is 19.1 Å². The Morgan fingerprint density at radius 2 is 1.68 bits per heavy atom. The first-order valence-corrected chi connectivity index (χ1v) is 5.47. The molecule has 0 saturated heterocycles. The van der Waals surface area contributed by atoms with Crippen molar-refractivity contribution in [1.82, 2.24) is 0 Å². The minimum absolute atomic E-state index is 0.327. The molecule has 0 bridgehead atoms. The van der Waals surface area contributed by atoms with Gasteiger partial charge in [0.05, 0.1) is 0 Å². The molecule has 0 unspecified atom stereocenters. The van der Waals surface area contributed by atoms with E-state index in [2.05, 4.69) is 4.74 Å². The summed E-state index contributed by atoms with van der Waals surface area (Å²) in [6.45, 7) is 1.71. The maximum absolute atomic E-state index is 13.3. The molecule has 0 spiro atoms. The van der Waals surface area contributed by atoms with E-state index in [1.165, 1.54) is 30.3 Å². The van der Waals surface area contributed by atoms with Crippen LogP contribution in [0.4, 0.5) is 17.6 Å². The third-order valence-electron chi connectivity index (χ3n) is 2.44. The predicted octanol–water partition coefficient (Wildman–Crippen LogP) is 4.70. The van der Waals surface area contributed by atoms with Gasteiger partial charge in [-0.05, 0) is 47.9 Å². The summed E-state index contributed by atoms with van der Waals surface area (Å²) >= 11 is 0. The summed E-state index contributed by atoms with van der Waals surface area (Å²) in [5.41, 5.74) is 1.66. The Morgan fingerprint density at radius 1 is 0.947 bits per heavy atom. The Morgan fingerprint density at radius 3 is 2.32 bits per heavy atom. The lowest BCUT2D eigenvalue weighted by Crippen LogP contribution is -2.17. The summed E-state index contributed by atoms with van der Waals surface area (Å²) in [6, 6.07) is 9.74. The van der Waals surface area contributed by atoms with Crippen LogP contribution in [0, 0.1) is 12.7 Å². The van der Waals surface area contributed by atoms with Crippen molar-refractivity contribution in [2.24, 2.45) is 0 Å². The first kappa shape index (κ1) is 13.4. The highest BCUT2D eigenvalue weighted by molar-refractivity contribution is 5.65. The topological polar surface area (TPSA) is 9.23 Å². The van der Waals surface area contributed by atoms with Gasteiger partial charge in [0.25, 0.3) is 0 Å². The molecule has 0 saturated carbocycles. The van der Waals surface area contributed by atoms with Gasteiger partial charge in [0.15, 0.2) is 0 Å². The average Bonchev–Trinajstić information content (AvgIpc) is 2.25. The lowest BCUT2D eigenvalue weighted by Gasteiger charge is -2.10. The molecule has 1 nitrogen and oxygen atoms in total. The van der Waals surface area contributed by atoms with Gasteiger partial charge < -0.3 is 4.74 Å². The van der Waals surface area contributed by atoms with E-state index < -0.39 is 12.2 Å². The van der Waals surface area contributed by atoms with Gasteiger partial charge in [0.1, 0.15) is 11.6 Å². The van der Waals surface area contributed by atoms with Crippen molar-refractivity contribution >= 4 is 0 Å².